The minimum Gasteiger partial charge on any atom is -0.420 e. The van der Waals surface area contributed by atoms with Gasteiger partial charge in [0.15, 0.2) is 0 Å². The Bertz CT molecular complexity index is 476. The van der Waals surface area contributed by atoms with E-state index in [1.807, 2.05) is 0 Å². The van der Waals surface area contributed by atoms with Crippen LogP contribution in [-0.4, -0.2) is 5.97 Å². The van der Waals surface area contributed by atoms with Gasteiger partial charge < -0.3 is 4.74 Å². The van der Waals surface area contributed by atoms with E-state index in [1.165, 1.54) is 20.8 Å². The molecule has 0 fully saturated rings. The maximum absolute atomic E-state index is 13.2. The van der Waals surface area contributed by atoms with Crippen molar-refractivity contribution in [2.45, 2.75) is 20.8 Å². The Morgan fingerprint density at radius 2 is 1.17 bits per heavy atom. The number of hydrogen-bond donors (Lipinski definition) is 0. The van der Waals surface area contributed by atoms with Gasteiger partial charge in [-0.2, -0.15) is 8.78 Å². The number of rotatable bonds is 1. The summed E-state index contributed by atoms with van der Waals surface area (Å²) >= 11 is 0. The minimum absolute atomic E-state index is 1.12. The fourth-order valence-electron chi connectivity index (χ4n) is 0.920. The number of ether oxygens (including phenoxy) is 1. The number of hydrogen-bond acceptors (Lipinski definition) is 2. The lowest BCUT2D eigenvalue weighted by molar-refractivity contribution is -0.143. The molecule has 1 aromatic carbocycles. The second-order valence-corrected chi connectivity index (χ2v) is 4.54. The first kappa shape index (κ1) is 14.4. The average Bonchev–Trinajstić information content (AvgIpc) is 2.28. The van der Waals surface area contributed by atoms with E-state index in [0.717, 1.165) is 0 Å². The van der Waals surface area contributed by atoms with Crippen LogP contribution < -0.4 is 4.74 Å². The molecule has 2 nitrogen and oxygen atoms in total. The summed E-state index contributed by atoms with van der Waals surface area (Å²) in [5.74, 6) is -13.7. The molecule has 1 aromatic rings. The number of halogens is 5. The molecular weight excluding hydrogens is 259 g/mol. The monoisotopic (exact) mass is 268 g/mol. The molecule has 7 heteroatoms. The van der Waals surface area contributed by atoms with Crippen LogP contribution in [0, 0.1) is 34.5 Å². The van der Waals surface area contributed by atoms with Crippen molar-refractivity contribution in [2.75, 3.05) is 0 Å². The number of carbonyl (C=O) groups is 1. The van der Waals surface area contributed by atoms with E-state index < -0.39 is 46.2 Å². The Morgan fingerprint density at radius 3 is 1.50 bits per heavy atom. The molecule has 0 spiro atoms. The SMILES string of the molecule is CC(C)(C)C(=O)Oc1c(F)c(F)c(F)c(F)c1F. The molecule has 18 heavy (non-hydrogen) atoms. The molecule has 0 atom stereocenters. The van der Waals surface area contributed by atoms with Crippen LogP contribution in [-0.2, 0) is 4.79 Å². The van der Waals surface area contributed by atoms with Gasteiger partial charge in [-0.05, 0) is 20.8 Å². The van der Waals surface area contributed by atoms with Crippen LogP contribution in [0.4, 0.5) is 22.0 Å². The summed E-state index contributed by atoms with van der Waals surface area (Å²) in [5.41, 5.74) is -1.15. The van der Waals surface area contributed by atoms with E-state index in [-0.39, 0.29) is 0 Å². The van der Waals surface area contributed by atoms with Crippen molar-refractivity contribution in [2.24, 2.45) is 5.41 Å². The Morgan fingerprint density at radius 1 is 0.833 bits per heavy atom. The molecule has 0 aromatic heterocycles. The van der Waals surface area contributed by atoms with E-state index in [9.17, 15) is 26.7 Å². The maximum Gasteiger partial charge on any atom is 0.316 e. The van der Waals surface area contributed by atoms with Crippen molar-refractivity contribution in [3.05, 3.63) is 29.1 Å². The standard InChI is InChI=1S/C11H9F5O2/c1-11(2,3)10(17)18-9-7(15)5(13)4(12)6(14)8(9)16/h1-3H3. The molecule has 0 unspecified atom stereocenters. The molecule has 0 saturated carbocycles. The van der Waals surface area contributed by atoms with Crippen molar-refractivity contribution in [1.82, 2.24) is 0 Å². The molecule has 0 amide bonds. The van der Waals surface area contributed by atoms with E-state index >= 15 is 0 Å². The second kappa shape index (κ2) is 4.55. The van der Waals surface area contributed by atoms with Crippen molar-refractivity contribution >= 4 is 5.97 Å². The Balaban J connectivity index is 3.31. The van der Waals surface area contributed by atoms with Crippen LogP contribution in [0.15, 0.2) is 0 Å². The maximum atomic E-state index is 13.2. The smallest absolute Gasteiger partial charge is 0.316 e. The van der Waals surface area contributed by atoms with Crippen LogP contribution in [0.1, 0.15) is 20.8 Å². The Labute approximate surface area is 99.4 Å². The van der Waals surface area contributed by atoms with Gasteiger partial charge in [0, 0.05) is 0 Å². The Hall–Kier alpha value is -1.66. The highest BCUT2D eigenvalue weighted by Crippen LogP contribution is 2.30. The molecule has 0 aliphatic rings. The lowest BCUT2D eigenvalue weighted by Crippen LogP contribution is -2.26. The predicted molar refractivity (Wildman–Crippen MR) is 51.3 cm³/mol. The second-order valence-electron chi connectivity index (χ2n) is 4.54. The van der Waals surface area contributed by atoms with E-state index in [4.69, 9.17) is 0 Å². The molecule has 0 saturated heterocycles. The van der Waals surface area contributed by atoms with Crippen LogP contribution in [0.25, 0.3) is 0 Å². The molecule has 0 heterocycles. The highest BCUT2D eigenvalue weighted by atomic mass is 19.2. The van der Waals surface area contributed by atoms with Crippen LogP contribution in [0.5, 0.6) is 5.75 Å². The molecule has 0 radical (unpaired) electrons. The zero-order valence-corrected chi connectivity index (χ0v) is 9.71. The normalized spacial score (nSPS) is 11.6. The van der Waals surface area contributed by atoms with Gasteiger partial charge in [0.2, 0.25) is 34.8 Å². The molecule has 0 N–H and O–H groups in total. The zero-order chi connectivity index (χ0) is 14.2. The predicted octanol–water partition coefficient (Wildman–Crippen LogP) is 3.33. The first-order valence-corrected chi connectivity index (χ1v) is 4.81. The van der Waals surface area contributed by atoms with Gasteiger partial charge in [0.1, 0.15) is 0 Å². The quantitative estimate of drug-likeness (QED) is 0.257. The molecule has 1 rings (SSSR count). The van der Waals surface area contributed by atoms with Gasteiger partial charge in [-0.1, -0.05) is 0 Å². The number of benzene rings is 1. The van der Waals surface area contributed by atoms with Crippen molar-refractivity contribution in [3.63, 3.8) is 0 Å². The third kappa shape index (κ3) is 2.44. The van der Waals surface area contributed by atoms with Gasteiger partial charge in [0.05, 0.1) is 5.41 Å². The third-order valence-corrected chi connectivity index (χ3v) is 1.98. The summed E-state index contributed by atoms with van der Waals surface area (Å²) in [6, 6.07) is 0. The van der Waals surface area contributed by atoms with Gasteiger partial charge >= 0.3 is 5.97 Å². The van der Waals surface area contributed by atoms with Crippen molar-refractivity contribution in [3.8, 4) is 5.75 Å². The van der Waals surface area contributed by atoms with Crippen molar-refractivity contribution < 1.29 is 31.5 Å². The summed E-state index contributed by atoms with van der Waals surface area (Å²) in [4.78, 5) is 11.4. The van der Waals surface area contributed by atoms with Gasteiger partial charge in [-0.15, -0.1) is 0 Å². The number of esters is 1. The van der Waals surface area contributed by atoms with Gasteiger partial charge in [-0.3, -0.25) is 4.79 Å². The fourth-order valence-corrected chi connectivity index (χ4v) is 0.920. The summed E-state index contributed by atoms with van der Waals surface area (Å²) < 4.78 is 68.8. The average molecular weight is 268 g/mol. The van der Waals surface area contributed by atoms with E-state index in [2.05, 4.69) is 4.74 Å². The van der Waals surface area contributed by atoms with Crippen molar-refractivity contribution in [1.29, 1.82) is 0 Å². The topological polar surface area (TPSA) is 26.3 Å². The number of carbonyl (C=O) groups excluding carboxylic acids is 1. The first-order valence-electron chi connectivity index (χ1n) is 4.81. The summed E-state index contributed by atoms with van der Waals surface area (Å²) in [6.07, 6.45) is 0. The fraction of sp³-hybridized carbons (Fsp3) is 0.364. The summed E-state index contributed by atoms with van der Waals surface area (Å²) in [5, 5.41) is 0. The lowest BCUT2D eigenvalue weighted by atomic mass is 9.97. The minimum atomic E-state index is -2.31. The summed E-state index contributed by atoms with van der Waals surface area (Å²) in [7, 11) is 0. The highest BCUT2D eigenvalue weighted by molar-refractivity contribution is 5.77. The molecular formula is C11H9F5O2. The molecule has 0 aliphatic heterocycles. The van der Waals surface area contributed by atoms with Gasteiger partial charge in [-0.25, -0.2) is 13.2 Å². The largest absolute Gasteiger partial charge is 0.420 e. The lowest BCUT2D eigenvalue weighted by Gasteiger charge is -2.17. The highest BCUT2D eigenvalue weighted by Gasteiger charge is 2.31. The first-order chi connectivity index (χ1) is 8.07. The third-order valence-electron chi connectivity index (χ3n) is 1.98. The van der Waals surface area contributed by atoms with E-state index in [0.29, 0.717) is 0 Å². The van der Waals surface area contributed by atoms with Crippen LogP contribution >= 0.6 is 0 Å². The zero-order valence-electron chi connectivity index (χ0n) is 9.71. The molecule has 0 bridgehead atoms. The van der Waals surface area contributed by atoms with E-state index in [1.54, 1.807) is 0 Å². The Kier molecular flexibility index (Phi) is 3.64. The van der Waals surface area contributed by atoms with Crippen LogP contribution in [0.3, 0.4) is 0 Å². The molecule has 100 valence electrons. The summed E-state index contributed by atoms with van der Waals surface area (Å²) in [6.45, 7) is 4.09. The van der Waals surface area contributed by atoms with Crippen LogP contribution in [0.2, 0.25) is 0 Å². The van der Waals surface area contributed by atoms with Gasteiger partial charge in [0.25, 0.3) is 0 Å². The molecule has 0 aliphatic carbocycles.